The highest BCUT2D eigenvalue weighted by Crippen LogP contribution is 2.35. The van der Waals surface area contributed by atoms with Gasteiger partial charge in [-0.15, -0.1) is 11.8 Å². The third-order valence-corrected chi connectivity index (χ3v) is 4.87. The Bertz CT molecular complexity index is 580. The van der Waals surface area contributed by atoms with Crippen molar-refractivity contribution < 1.29 is 4.74 Å². The summed E-state index contributed by atoms with van der Waals surface area (Å²) in [5.41, 5.74) is 2.84. The van der Waals surface area contributed by atoms with Gasteiger partial charge in [-0.2, -0.15) is 0 Å². The molecule has 0 aromatic heterocycles. The second-order valence-electron chi connectivity index (χ2n) is 4.74. The molecule has 2 aromatic carbocycles. The summed E-state index contributed by atoms with van der Waals surface area (Å²) < 4.78 is 5.18. The maximum absolute atomic E-state index is 6.04. The molecule has 0 amide bonds. The Morgan fingerprint density at radius 2 is 1.79 bits per heavy atom. The minimum absolute atomic E-state index is 0.613. The van der Waals surface area contributed by atoms with Crippen molar-refractivity contribution in [2.45, 2.75) is 23.0 Å². The molecular weight excluding hydrogens is 276 g/mol. The number of hydrogen-bond donors (Lipinski definition) is 0. The smallest absolute Gasteiger partial charge is 0.118 e. The van der Waals surface area contributed by atoms with E-state index in [0.29, 0.717) is 5.25 Å². The highest BCUT2D eigenvalue weighted by atomic mass is 35.5. The lowest BCUT2D eigenvalue weighted by Gasteiger charge is -2.09. The van der Waals surface area contributed by atoms with Crippen LogP contribution < -0.4 is 4.74 Å². The third kappa shape index (κ3) is 2.90. The first kappa shape index (κ1) is 12.9. The number of methoxy groups -OCH3 is 1. The van der Waals surface area contributed by atoms with Gasteiger partial charge in [0.1, 0.15) is 5.75 Å². The molecule has 19 heavy (non-hydrogen) atoms. The van der Waals surface area contributed by atoms with E-state index in [2.05, 4.69) is 24.3 Å². The van der Waals surface area contributed by atoms with Crippen LogP contribution in [0.25, 0.3) is 0 Å². The predicted molar refractivity (Wildman–Crippen MR) is 81.5 cm³/mol. The molecule has 1 aliphatic carbocycles. The highest BCUT2D eigenvalue weighted by molar-refractivity contribution is 8.00. The summed E-state index contributed by atoms with van der Waals surface area (Å²) in [6.07, 6.45) is 2.23. The van der Waals surface area contributed by atoms with Crippen LogP contribution in [0.2, 0.25) is 5.02 Å². The van der Waals surface area contributed by atoms with Crippen molar-refractivity contribution in [2.24, 2.45) is 0 Å². The van der Waals surface area contributed by atoms with Crippen LogP contribution in [0, 0.1) is 0 Å². The van der Waals surface area contributed by atoms with Crippen LogP contribution in [-0.2, 0) is 12.8 Å². The van der Waals surface area contributed by atoms with Crippen LogP contribution in [0.3, 0.4) is 0 Å². The van der Waals surface area contributed by atoms with Crippen LogP contribution in [0.5, 0.6) is 5.75 Å². The van der Waals surface area contributed by atoms with Gasteiger partial charge in [-0.1, -0.05) is 17.7 Å². The summed E-state index contributed by atoms with van der Waals surface area (Å²) in [6, 6.07) is 14.5. The van der Waals surface area contributed by atoms with Crippen LogP contribution in [0.4, 0.5) is 0 Å². The van der Waals surface area contributed by atoms with Gasteiger partial charge in [0.15, 0.2) is 0 Å². The molecule has 0 fully saturated rings. The Labute approximate surface area is 122 Å². The van der Waals surface area contributed by atoms with Gasteiger partial charge in [0.25, 0.3) is 0 Å². The van der Waals surface area contributed by atoms with Crippen molar-refractivity contribution in [3.05, 3.63) is 58.6 Å². The maximum Gasteiger partial charge on any atom is 0.118 e. The average molecular weight is 291 g/mol. The number of rotatable bonds is 3. The summed E-state index contributed by atoms with van der Waals surface area (Å²) in [5.74, 6) is 0.908. The molecule has 3 heteroatoms. The minimum atomic E-state index is 0.613. The second kappa shape index (κ2) is 5.48. The SMILES string of the molecule is COc1ccc(SC2Cc3ccc(Cl)cc3C2)cc1. The van der Waals surface area contributed by atoms with Crippen LogP contribution >= 0.6 is 23.4 Å². The first-order valence-electron chi connectivity index (χ1n) is 6.32. The molecule has 0 aliphatic heterocycles. The lowest BCUT2D eigenvalue weighted by atomic mass is 10.1. The number of ether oxygens (including phenoxy) is 1. The first-order chi connectivity index (χ1) is 9.24. The molecule has 1 atom stereocenters. The van der Waals surface area contributed by atoms with Crippen molar-refractivity contribution >= 4 is 23.4 Å². The molecule has 3 rings (SSSR count). The van der Waals surface area contributed by atoms with Crippen LogP contribution in [-0.4, -0.2) is 12.4 Å². The van der Waals surface area contributed by atoms with Crippen LogP contribution in [0.15, 0.2) is 47.4 Å². The molecule has 0 spiro atoms. The fourth-order valence-corrected chi connectivity index (χ4v) is 3.88. The van der Waals surface area contributed by atoms with E-state index in [-0.39, 0.29) is 0 Å². The van der Waals surface area contributed by atoms with E-state index in [1.807, 2.05) is 30.0 Å². The summed E-state index contributed by atoms with van der Waals surface area (Å²) in [5, 5.41) is 1.45. The lowest BCUT2D eigenvalue weighted by molar-refractivity contribution is 0.414. The van der Waals surface area contributed by atoms with Gasteiger partial charge in [-0.3, -0.25) is 0 Å². The fraction of sp³-hybridized carbons (Fsp3) is 0.250. The van der Waals surface area contributed by atoms with Gasteiger partial charge in [-0.05, 0) is 60.4 Å². The number of hydrogen-bond acceptors (Lipinski definition) is 2. The summed E-state index contributed by atoms with van der Waals surface area (Å²) in [4.78, 5) is 1.30. The maximum atomic E-state index is 6.04. The molecule has 2 aromatic rings. The molecule has 1 nitrogen and oxygen atoms in total. The van der Waals surface area contributed by atoms with Crippen molar-refractivity contribution in [3.8, 4) is 5.75 Å². The molecule has 0 radical (unpaired) electrons. The summed E-state index contributed by atoms with van der Waals surface area (Å²) >= 11 is 7.98. The van der Waals surface area contributed by atoms with Crippen molar-refractivity contribution in [1.82, 2.24) is 0 Å². The summed E-state index contributed by atoms with van der Waals surface area (Å²) in [7, 11) is 1.69. The zero-order chi connectivity index (χ0) is 13.2. The monoisotopic (exact) mass is 290 g/mol. The Balaban J connectivity index is 1.69. The number of thioether (sulfide) groups is 1. The van der Waals surface area contributed by atoms with Crippen molar-refractivity contribution in [1.29, 1.82) is 0 Å². The Morgan fingerprint density at radius 1 is 1.05 bits per heavy atom. The van der Waals surface area contributed by atoms with E-state index < -0.39 is 0 Å². The van der Waals surface area contributed by atoms with Gasteiger partial charge in [0.05, 0.1) is 7.11 Å². The van der Waals surface area contributed by atoms with Gasteiger partial charge in [0.2, 0.25) is 0 Å². The Morgan fingerprint density at radius 3 is 2.53 bits per heavy atom. The molecule has 98 valence electrons. The molecule has 0 bridgehead atoms. The average Bonchev–Trinajstić information content (AvgIpc) is 2.81. The van der Waals surface area contributed by atoms with E-state index in [1.165, 1.54) is 16.0 Å². The van der Waals surface area contributed by atoms with Gasteiger partial charge in [-0.25, -0.2) is 0 Å². The highest BCUT2D eigenvalue weighted by Gasteiger charge is 2.22. The normalized spacial score (nSPS) is 17.3. The summed E-state index contributed by atoms with van der Waals surface area (Å²) in [6.45, 7) is 0. The molecule has 0 saturated heterocycles. The molecular formula is C16H15ClOS. The molecule has 1 unspecified atom stereocenters. The van der Waals surface area contributed by atoms with Gasteiger partial charge >= 0.3 is 0 Å². The van der Waals surface area contributed by atoms with Gasteiger partial charge < -0.3 is 4.74 Å². The zero-order valence-corrected chi connectivity index (χ0v) is 12.3. The number of fused-ring (bicyclic) bond motifs is 1. The lowest BCUT2D eigenvalue weighted by Crippen LogP contribution is -2.00. The Hall–Kier alpha value is -1.12. The van der Waals surface area contributed by atoms with Crippen LogP contribution in [0.1, 0.15) is 11.1 Å². The first-order valence-corrected chi connectivity index (χ1v) is 7.58. The third-order valence-electron chi connectivity index (χ3n) is 3.43. The standard InChI is InChI=1S/C16H15ClOS/c1-18-14-4-6-15(7-5-14)19-16-9-11-2-3-13(17)8-12(11)10-16/h2-8,16H,9-10H2,1H3. The Kier molecular flexibility index (Phi) is 3.72. The van der Waals surface area contributed by atoms with E-state index in [0.717, 1.165) is 23.6 Å². The van der Waals surface area contributed by atoms with E-state index in [9.17, 15) is 0 Å². The fourth-order valence-electron chi connectivity index (χ4n) is 2.48. The predicted octanol–water partition coefficient (Wildman–Crippen LogP) is 4.61. The van der Waals surface area contributed by atoms with Gasteiger partial charge in [0, 0.05) is 15.2 Å². The molecule has 0 saturated carbocycles. The number of halogens is 1. The second-order valence-corrected chi connectivity index (χ2v) is 6.55. The zero-order valence-electron chi connectivity index (χ0n) is 10.7. The minimum Gasteiger partial charge on any atom is -0.497 e. The molecule has 0 heterocycles. The van der Waals surface area contributed by atoms with E-state index in [1.54, 1.807) is 7.11 Å². The van der Waals surface area contributed by atoms with Crippen molar-refractivity contribution in [2.75, 3.05) is 7.11 Å². The molecule has 0 N–H and O–H groups in total. The topological polar surface area (TPSA) is 9.23 Å². The quantitative estimate of drug-likeness (QED) is 0.816. The largest absolute Gasteiger partial charge is 0.497 e. The number of benzene rings is 2. The van der Waals surface area contributed by atoms with Crippen molar-refractivity contribution in [3.63, 3.8) is 0 Å². The van der Waals surface area contributed by atoms with E-state index >= 15 is 0 Å². The van der Waals surface area contributed by atoms with E-state index in [4.69, 9.17) is 16.3 Å². The molecule has 1 aliphatic rings.